The number of imidazole rings is 1. The molecule has 7 nitrogen and oxygen atoms in total. The van der Waals surface area contributed by atoms with Crippen LogP contribution in [-0.4, -0.2) is 31.9 Å². The molecule has 0 bridgehead atoms. The largest absolute Gasteiger partial charge is 0.380 e. The molecule has 0 aliphatic carbocycles. The summed E-state index contributed by atoms with van der Waals surface area (Å²) in [6, 6.07) is 0. The van der Waals surface area contributed by atoms with Crippen LogP contribution >= 0.6 is 0 Å². The van der Waals surface area contributed by atoms with Crippen LogP contribution in [0.25, 0.3) is 11.2 Å². The second kappa shape index (κ2) is 6.04. The summed E-state index contributed by atoms with van der Waals surface area (Å²) >= 11 is 0. The Morgan fingerprint density at radius 2 is 2.00 bits per heavy atom. The zero-order valence-electron chi connectivity index (χ0n) is 12.1. The van der Waals surface area contributed by atoms with E-state index in [2.05, 4.69) is 4.98 Å². The lowest BCUT2D eigenvalue weighted by Crippen LogP contribution is -2.38. The van der Waals surface area contributed by atoms with E-state index in [0.29, 0.717) is 37.5 Å². The average Bonchev–Trinajstić information content (AvgIpc) is 2.85. The molecule has 0 saturated heterocycles. The van der Waals surface area contributed by atoms with Crippen molar-refractivity contribution < 1.29 is 4.74 Å². The number of aromatic nitrogens is 4. The van der Waals surface area contributed by atoms with Crippen molar-refractivity contribution in [1.82, 2.24) is 18.7 Å². The molecule has 0 atom stereocenters. The zero-order valence-corrected chi connectivity index (χ0v) is 12.1. The standard InChI is InChI=1S/C13H20N4O3/c1-4-6-17-11-10(12(18)15(3)13(17)19)16(9-14-11)7-8-20-5-2/h9H,4-8H2,1-3H3. The summed E-state index contributed by atoms with van der Waals surface area (Å²) in [4.78, 5) is 28.6. The van der Waals surface area contributed by atoms with Crippen LogP contribution in [0.5, 0.6) is 0 Å². The summed E-state index contributed by atoms with van der Waals surface area (Å²) in [7, 11) is 1.50. The van der Waals surface area contributed by atoms with Gasteiger partial charge in [0.2, 0.25) is 0 Å². The van der Waals surface area contributed by atoms with E-state index in [1.807, 2.05) is 13.8 Å². The monoisotopic (exact) mass is 280 g/mol. The van der Waals surface area contributed by atoms with Crippen molar-refractivity contribution in [3.05, 3.63) is 27.2 Å². The van der Waals surface area contributed by atoms with Crippen LogP contribution < -0.4 is 11.2 Å². The average molecular weight is 280 g/mol. The van der Waals surface area contributed by atoms with Gasteiger partial charge in [0.25, 0.3) is 5.56 Å². The van der Waals surface area contributed by atoms with Crippen molar-refractivity contribution in [1.29, 1.82) is 0 Å². The Hall–Kier alpha value is -1.89. The minimum atomic E-state index is -0.320. The molecule has 20 heavy (non-hydrogen) atoms. The maximum absolute atomic E-state index is 12.3. The van der Waals surface area contributed by atoms with E-state index in [-0.39, 0.29) is 11.2 Å². The third kappa shape index (κ3) is 2.40. The van der Waals surface area contributed by atoms with Crippen molar-refractivity contribution >= 4 is 11.2 Å². The summed E-state index contributed by atoms with van der Waals surface area (Å²) < 4.78 is 9.74. The van der Waals surface area contributed by atoms with Crippen LogP contribution in [0.1, 0.15) is 20.3 Å². The fraction of sp³-hybridized carbons (Fsp3) is 0.615. The third-order valence-corrected chi connectivity index (χ3v) is 3.23. The first-order valence-electron chi connectivity index (χ1n) is 6.84. The summed E-state index contributed by atoms with van der Waals surface area (Å²) in [6.07, 6.45) is 2.40. The van der Waals surface area contributed by atoms with Crippen molar-refractivity contribution in [3.8, 4) is 0 Å². The summed E-state index contributed by atoms with van der Waals surface area (Å²) in [5, 5.41) is 0. The van der Waals surface area contributed by atoms with E-state index in [0.717, 1.165) is 11.0 Å². The van der Waals surface area contributed by atoms with E-state index in [9.17, 15) is 9.59 Å². The molecule has 2 aromatic heterocycles. The number of aryl methyl sites for hydroxylation is 1. The van der Waals surface area contributed by atoms with E-state index in [1.54, 1.807) is 15.5 Å². The highest BCUT2D eigenvalue weighted by Crippen LogP contribution is 2.07. The number of hydrogen-bond donors (Lipinski definition) is 0. The van der Waals surface area contributed by atoms with Crippen LogP contribution in [0, 0.1) is 0 Å². The number of rotatable bonds is 6. The smallest absolute Gasteiger partial charge is 0.332 e. The molecule has 0 saturated carbocycles. The fourth-order valence-corrected chi connectivity index (χ4v) is 2.21. The van der Waals surface area contributed by atoms with Crippen LogP contribution in [0.15, 0.2) is 15.9 Å². The quantitative estimate of drug-likeness (QED) is 0.716. The van der Waals surface area contributed by atoms with Gasteiger partial charge in [-0.3, -0.25) is 13.9 Å². The van der Waals surface area contributed by atoms with Crippen molar-refractivity contribution in [2.75, 3.05) is 13.2 Å². The molecule has 0 amide bonds. The highest BCUT2D eigenvalue weighted by Gasteiger charge is 2.15. The van der Waals surface area contributed by atoms with Gasteiger partial charge in [0.05, 0.1) is 12.9 Å². The molecule has 2 heterocycles. The summed E-state index contributed by atoms with van der Waals surface area (Å²) in [5.41, 5.74) is 0.280. The van der Waals surface area contributed by atoms with Crippen molar-refractivity contribution in [3.63, 3.8) is 0 Å². The molecule has 0 aliphatic rings. The highest BCUT2D eigenvalue weighted by atomic mass is 16.5. The van der Waals surface area contributed by atoms with Gasteiger partial charge in [-0.25, -0.2) is 9.78 Å². The van der Waals surface area contributed by atoms with E-state index in [1.165, 1.54) is 7.05 Å². The molecule has 7 heteroatoms. The lowest BCUT2D eigenvalue weighted by molar-refractivity contribution is 0.139. The molecule has 2 rings (SSSR count). The molecular formula is C13H20N4O3. The van der Waals surface area contributed by atoms with Crippen molar-refractivity contribution in [2.45, 2.75) is 33.4 Å². The fourth-order valence-electron chi connectivity index (χ4n) is 2.21. The SMILES string of the molecule is CCCn1c(=O)n(C)c(=O)c2c1ncn2CCOCC. The summed E-state index contributed by atoms with van der Waals surface area (Å²) in [6.45, 7) is 6.14. The maximum Gasteiger partial charge on any atom is 0.332 e. The van der Waals surface area contributed by atoms with Gasteiger partial charge in [-0.15, -0.1) is 0 Å². The lowest BCUT2D eigenvalue weighted by Gasteiger charge is -2.09. The zero-order chi connectivity index (χ0) is 14.7. The van der Waals surface area contributed by atoms with Gasteiger partial charge < -0.3 is 9.30 Å². The number of fused-ring (bicyclic) bond motifs is 1. The minimum Gasteiger partial charge on any atom is -0.380 e. The Kier molecular flexibility index (Phi) is 4.39. The Labute approximate surface area is 116 Å². The Bertz CT molecular complexity index is 711. The number of ether oxygens (including phenoxy) is 1. The molecule has 0 unspecified atom stereocenters. The van der Waals surface area contributed by atoms with Crippen LogP contribution in [0.2, 0.25) is 0 Å². The van der Waals surface area contributed by atoms with E-state index >= 15 is 0 Å². The first-order chi connectivity index (χ1) is 9.61. The normalized spacial score (nSPS) is 11.3. The van der Waals surface area contributed by atoms with Gasteiger partial charge in [-0.2, -0.15) is 0 Å². The topological polar surface area (TPSA) is 71.0 Å². The molecular weight excluding hydrogens is 260 g/mol. The van der Waals surface area contributed by atoms with Gasteiger partial charge in [0.1, 0.15) is 0 Å². The molecule has 2 aromatic rings. The minimum absolute atomic E-state index is 0.314. The first-order valence-corrected chi connectivity index (χ1v) is 6.84. The Balaban J connectivity index is 2.60. The van der Waals surface area contributed by atoms with E-state index < -0.39 is 0 Å². The van der Waals surface area contributed by atoms with Crippen LogP contribution in [0.3, 0.4) is 0 Å². The first kappa shape index (κ1) is 14.5. The summed E-state index contributed by atoms with van der Waals surface area (Å²) in [5.74, 6) is 0. The van der Waals surface area contributed by atoms with Gasteiger partial charge in [-0.1, -0.05) is 6.92 Å². The Morgan fingerprint density at radius 3 is 2.65 bits per heavy atom. The second-order valence-corrected chi connectivity index (χ2v) is 4.61. The van der Waals surface area contributed by atoms with Gasteiger partial charge in [-0.05, 0) is 13.3 Å². The molecule has 0 radical (unpaired) electrons. The maximum atomic E-state index is 12.3. The van der Waals surface area contributed by atoms with Gasteiger partial charge in [0, 0.05) is 26.7 Å². The van der Waals surface area contributed by atoms with Gasteiger partial charge in [0.15, 0.2) is 11.2 Å². The Morgan fingerprint density at radius 1 is 1.25 bits per heavy atom. The predicted molar refractivity (Wildman–Crippen MR) is 76.0 cm³/mol. The van der Waals surface area contributed by atoms with Crippen molar-refractivity contribution in [2.24, 2.45) is 7.05 Å². The molecule has 0 N–H and O–H groups in total. The molecule has 0 aromatic carbocycles. The second-order valence-electron chi connectivity index (χ2n) is 4.61. The molecule has 0 fully saturated rings. The van der Waals surface area contributed by atoms with Crippen LogP contribution in [0.4, 0.5) is 0 Å². The van der Waals surface area contributed by atoms with E-state index in [4.69, 9.17) is 4.74 Å². The molecule has 0 spiro atoms. The molecule has 110 valence electrons. The number of nitrogens with zero attached hydrogens (tertiary/aromatic N) is 4. The highest BCUT2D eigenvalue weighted by molar-refractivity contribution is 5.70. The third-order valence-electron chi connectivity index (χ3n) is 3.23. The van der Waals surface area contributed by atoms with Crippen LogP contribution in [-0.2, 0) is 24.9 Å². The predicted octanol–water partition coefficient (Wildman–Crippen LogP) is 0.343. The van der Waals surface area contributed by atoms with Gasteiger partial charge >= 0.3 is 5.69 Å². The number of hydrogen-bond acceptors (Lipinski definition) is 4. The molecule has 0 aliphatic heterocycles. The lowest BCUT2D eigenvalue weighted by atomic mass is 10.4.